The molecular formula is C28H42F3N4NaO9. The molecule has 0 radical (unpaired) electrons. The minimum atomic E-state index is -4.94. The van der Waals surface area contributed by atoms with Crippen LogP contribution in [-0.4, -0.2) is 90.3 Å². The van der Waals surface area contributed by atoms with Gasteiger partial charge in [0, 0.05) is 44.2 Å². The zero-order chi connectivity index (χ0) is 32.1. The second-order valence-electron chi connectivity index (χ2n) is 8.51. The fraction of sp³-hybridized carbons (Fsp3) is 0.500. The maximum absolute atomic E-state index is 12.1. The molecule has 0 heterocycles. The van der Waals surface area contributed by atoms with E-state index in [4.69, 9.17) is 39.9 Å². The van der Waals surface area contributed by atoms with Crippen molar-refractivity contribution in [2.24, 2.45) is 11.5 Å². The van der Waals surface area contributed by atoms with Crippen LogP contribution in [0.5, 0.6) is 11.5 Å². The third-order valence-electron chi connectivity index (χ3n) is 5.21. The molecule has 2 rings (SSSR count). The average Bonchev–Trinajstić information content (AvgIpc) is 3.00. The number of rotatable bonds is 18. The van der Waals surface area contributed by atoms with Crippen LogP contribution in [0.4, 0.5) is 13.2 Å². The maximum atomic E-state index is 12.1. The summed E-state index contributed by atoms with van der Waals surface area (Å²) in [5, 5.41) is 4.26. The van der Waals surface area contributed by atoms with E-state index in [9.17, 15) is 22.8 Å². The molecule has 250 valence electrons. The zero-order valence-electron chi connectivity index (χ0n) is 25.9. The van der Waals surface area contributed by atoms with Crippen LogP contribution in [-0.2, 0) is 28.5 Å². The smallest absolute Gasteiger partial charge is 0.870 e. The molecule has 1 unspecified atom stereocenters. The maximum Gasteiger partial charge on any atom is 1.00 e. The molecule has 0 aliphatic rings. The van der Waals surface area contributed by atoms with Gasteiger partial charge in [0.25, 0.3) is 0 Å². The average molecular weight is 659 g/mol. The van der Waals surface area contributed by atoms with Crippen LogP contribution in [0, 0.1) is 0 Å². The van der Waals surface area contributed by atoms with Crippen molar-refractivity contribution >= 4 is 11.8 Å². The molecule has 1 atom stereocenters. The number of benzene rings is 2. The molecule has 45 heavy (non-hydrogen) atoms. The van der Waals surface area contributed by atoms with Crippen LogP contribution in [0.3, 0.4) is 0 Å². The van der Waals surface area contributed by atoms with Crippen molar-refractivity contribution in [3.8, 4) is 11.5 Å². The number of carbonyl (C=O) groups is 2. The standard InChI is InChI=1S/C16H21F3N2O5.C12H20N2O3.Na.H2O/c1-11(22)20-7-9-25-14(12-3-5-13(24-2)6-4-12)26-10-8-21-15(23)16(17,18)19;1-15-11-4-2-10(3-5-11)12(16-8-6-13)17-9-7-14;;/h3-6,14H,7-10H2,1-2H3,(H,20,22)(H,21,23);2-5,12H,6-9,13-14H2,1H3;;1H2/q;;+1;/p-1. The fourth-order valence-corrected chi connectivity index (χ4v) is 3.18. The quantitative estimate of drug-likeness (QED) is 0.0873. The minimum absolute atomic E-state index is 0. The van der Waals surface area contributed by atoms with Crippen molar-refractivity contribution in [3.63, 3.8) is 0 Å². The molecule has 0 saturated carbocycles. The molecule has 7 N–H and O–H groups in total. The summed E-state index contributed by atoms with van der Waals surface area (Å²) >= 11 is 0. The molecule has 2 amide bonds. The summed E-state index contributed by atoms with van der Waals surface area (Å²) in [5.74, 6) is -0.840. The summed E-state index contributed by atoms with van der Waals surface area (Å²) in [4.78, 5) is 21.6. The predicted octanol–water partition coefficient (Wildman–Crippen LogP) is -0.987. The van der Waals surface area contributed by atoms with Gasteiger partial charge in [-0.1, -0.05) is 24.3 Å². The second-order valence-corrected chi connectivity index (χ2v) is 8.51. The molecule has 2 aromatic carbocycles. The normalized spacial score (nSPS) is 11.2. The zero-order valence-corrected chi connectivity index (χ0v) is 27.9. The summed E-state index contributed by atoms with van der Waals surface area (Å²) in [5.41, 5.74) is 12.3. The Labute approximate surface area is 283 Å². The van der Waals surface area contributed by atoms with E-state index in [1.54, 1.807) is 36.7 Å². The number of ether oxygens (including phenoxy) is 6. The number of nitrogens with one attached hydrogen (secondary N) is 2. The number of alkyl halides is 3. The number of halogens is 3. The predicted molar refractivity (Wildman–Crippen MR) is 153 cm³/mol. The van der Waals surface area contributed by atoms with Gasteiger partial charge in [0.2, 0.25) is 5.91 Å². The molecule has 0 saturated heterocycles. The Bertz CT molecular complexity index is 1050. The van der Waals surface area contributed by atoms with Gasteiger partial charge >= 0.3 is 41.6 Å². The summed E-state index contributed by atoms with van der Waals surface area (Å²) in [6.45, 7) is 3.01. The van der Waals surface area contributed by atoms with Crippen LogP contribution in [0.15, 0.2) is 48.5 Å². The van der Waals surface area contributed by atoms with Crippen LogP contribution in [0.1, 0.15) is 30.6 Å². The number of hydrogen-bond donors (Lipinski definition) is 4. The molecule has 17 heteroatoms. The number of nitrogens with two attached hydrogens (primary N) is 2. The molecule has 2 aromatic rings. The first kappa shape index (κ1) is 44.6. The number of hydrogen-bond acceptors (Lipinski definition) is 11. The second kappa shape index (κ2) is 25.7. The van der Waals surface area contributed by atoms with Gasteiger partial charge in [-0.2, -0.15) is 13.2 Å². The van der Waals surface area contributed by atoms with E-state index in [1.807, 2.05) is 24.3 Å². The monoisotopic (exact) mass is 658 g/mol. The van der Waals surface area contributed by atoms with Gasteiger partial charge in [0.05, 0.1) is 40.6 Å². The molecule has 0 bridgehead atoms. The van der Waals surface area contributed by atoms with Crippen LogP contribution < -0.4 is 61.1 Å². The Balaban J connectivity index is 0. The number of amides is 2. The Morgan fingerprint density at radius 1 is 0.711 bits per heavy atom. The van der Waals surface area contributed by atoms with Gasteiger partial charge in [0.1, 0.15) is 11.5 Å². The van der Waals surface area contributed by atoms with Crippen molar-refractivity contribution in [2.45, 2.75) is 25.7 Å². The van der Waals surface area contributed by atoms with Crippen molar-refractivity contribution in [1.29, 1.82) is 0 Å². The fourth-order valence-electron chi connectivity index (χ4n) is 3.18. The van der Waals surface area contributed by atoms with Gasteiger partial charge in [0.15, 0.2) is 12.6 Å². The SMILES string of the molecule is COc1ccc(C(OCCN)OCCN)cc1.COc1ccc(C(OCCNC(C)=O)OCCNC(=O)C(F)(F)F)cc1.[Na+].[OH-]. The van der Waals surface area contributed by atoms with Gasteiger partial charge in [-0.15, -0.1) is 0 Å². The summed E-state index contributed by atoms with van der Waals surface area (Å²) in [6.07, 6.45) is -6.24. The Kier molecular flexibility index (Phi) is 25.4. The molecule has 13 nitrogen and oxygen atoms in total. The van der Waals surface area contributed by atoms with E-state index in [-0.39, 0.29) is 67.2 Å². The molecule has 0 aliphatic heterocycles. The van der Waals surface area contributed by atoms with Gasteiger partial charge in [-0.05, 0) is 24.3 Å². The van der Waals surface area contributed by atoms with E-state index in [0.717, 1.165) is 11.3 Å². The van der Waals surface area contributed by atoms with Crippen molar-refractivity contribution in [2.75, 3.05) is 66.8 Å². The first-order valence-electron chi connectivity index (χ1n) is 13.3. The van der Waals surface area contributed by atoms with Crippen molar-refractivity contribution in [1.82, 2.24) is 10.6 Å². The molecule has 0 aliphatic carbocycles. The van der Waals surface area contributed by atoms with Crippen LogP contribution in [0.25, 0.3) is 0 Å². The van der Waals surface area contributed by atoms with E-state index in [1.165, 1.54) is 14.0 Å². The molecule has 0 fully saturated rings. The summed E-state index contributed by atoms with van der Waals surface area (Å²) in [6, 6.07) is 14.2. The third kappa shape index (κ3) is 19.6. The molecule has 0 spiro atoms. The molecular weight excluding hydrogens is 616 g/mol. The van der Waals surface area contributed by atoms with E-state index in [0.29, 0.717) is 37.6 Å². The Morgan fingerprint density at radius 2 is 1.07 bits per heavy atom. The van der Waals surface area contributed by atoms with Crippen molar-refractivity contribution < 1.29 is 86.2 Å². The Hall–Kier alpha value is -2.51. The van der Waals surface area contributed by atoms with Gasteiger partial charge in [-0.25, -0.2) is 0 Å². The summed E-state index contributed by atoms with van der Waals surface area (Å²) < 4.78 is 68.4. The van der Waals surface area contributed by atoms with Gasteiger partial charge in [-0.3, -0.25) is 9.59 Å². The van der Waals surface area contributed by atoms with Crippen molar-refractivity contribution in [3.05, 3.63) is 59.7 Å². The summed E-state index contributed by atoms with van der Waals surface area (Å²) in [7, 11) is 3.14. The third-order valence-corrected chi connectivity index (χ3v) is 5.21. The van der Waals surface area contributed by atoms with Gasteiger partial charge < -0.3 is 56.0 Å². The van der Waals surface area contributed by atoms with Crippen LogP contribution in [0.2, 0.25) is 0 Å². The number of methoxy groups -OCH3 is 2. The Morgan fingerprint density at radius 3 is 1.38 bits per heavy atom. The number of carbonyl (C=O) groups excluding carboxylic acids is 2. The first-order valence-corrected chi connectivity index (χ1v) is 13.3. The largest absolute Gasteiger partial charge is 1.00 e. The molecule has 0 aromatic heterocycles. The topological polar surface area (TPSA) is 196 Å². The van der Waals surface area contributed by atoms with Crippen LogP contribution >= 0.6 is 0 Å². The minimum Gasteiger partial charge on any atom is -0.870 e. The van der Waals surface area contributed by atoms with E-state index in [2.05, 4.69) is 5.32 Å². The van der Waals surface area contributed by atoms with E-state index >= 15 is 0 Å². The van der Waals surface area contributed by atoms with E-state index < -0.39 is 24.7 Å². The first-order chi connectivity index (χ1) is 20.5.